The van der Waals surface area contributed by atoms with Crippen LogP contribution in [0.25, 0.3) is 0 Å². The van der Waals surface area contributed by atoms with E-state index in [1.54, 1.807) is 4.31 Å². The minimum Gasteiger partial charge on any atom is -0.469 e. The van der Waals surface area contributed by atoms with Crippen LogP contribution in [-0.2, 0) is 19.6 Å². The molecule has 1 saturated heterocycles. The van der Waals surface area contributed by atoms with Crippen molar-refractivity contribution >= 4 is 16.0 Å². The molecule has 1 heterocycles. The molecule has 0 N–H and O–H groups in total. The van der Waals surface area contributed by atoms with E-state index in [4.69, 9.17) is 4.74 Å². The monoisotopic (exact) mass is 303 g/mol. The standard InChI is InChI=1S/C14H25NO4S/c1-10-7-11(2)9-15(8-10)20(17,18)13-6-4-5-12(13)14(16)19-3/h10-13H,4-9H2,1-3H3/t10-,11-,12-,13+/m1/s1. The van der Waals surface area contributed by atoms with Crippen molar-refractivity contribution in [2.75, 3.05) is 20.2 Å². The van der Waals surface area contributed by atoms with Crippen molar-refractivity contribution < 1.29 is 17.9 Å². The topological polar surface area (TPSA) is 63.7 Å². The summed E-state index contributed by atoms with van der Waals surface area (Å²) in [5.41, 5.74) is 0. The molecule has 0 aromatic carbocycles. The third-order valence-electron chi connectivity index (χ3n) is 4.53. The van der Waals surface area contributed by atoms with Crippen molar-refractivity contribution in [3.05, 3.63) is 0 Å². The number of piperidine rings is 1. The maximum absolute atomic E-state index is 12.8. The lowest BCUT2D eigenvalue weighted by Gasteiger charge is -2.36. The summed E-state index contributed by atoms with van der Waals surface area (Å²) >= 11 is 0. The van der Waals surface area contributed by atoms with Crippen LogP contribution in [0.1, 0.15) is 39.5 Å². The molecule has 20 heavy (non-hydrogen) atoms. The van der Waals surface area contributed by atoms with E-state index in [0.29, 0.717) is 37.8 Å². The van der Waals surface area contributed by atoms with Crippen LogP contribution in [0, 0.1) is 17.8 Å². The van der Waals surface area contributed by atoms with Crippen LogP contribution in [0.5, 0.6) is 0 Å². The summed E-state index contributed by atoms with van der Waals surface area (Å²) < 4.78 is 32.0. The Balaban J connectivity index is 2.19. The number of nitrogens with zero attached hydrogens (tertiary/aromatic N) is 1. The number of carbonyl (C=O) groups excluding carboxylic acids is 1. The normalized spacial score (nSPS) is 36.0. The summed E-state index contributed by atoms with van der Waals surface area (Å²) in [6, 6.07) is 0. The van der Waals surface area contributed by atoms with E-state index in [1.165, 1.54) is 7.11 Å². The van der Waals surface area contributed by atoms with Gasteiger partial charge in [-0.3, -0.25) is 4.79 Å². The van der Waals surface area contributed by atoms with Crippen molar-refractivity contribution in [2.45, 2.75) is 44.8 Å². The molecule has 2 fully saturated rings. The van der Waals surface area contributed by atoms with Crippen molar-refractivity contribution in [3.63, 3.8) is 0 Å². The molecule has 0 aromatic rings. The molecule has 1 saturated carbocycles. The maximum atomic E-state index is 12.8. The summed E-state index contributed by atoms with van der Waals surface area (Å²) in [6.45, 7) is 5.34. The fourth-order valence-corrected chi connectivity index (χ4v) is 6.14. The SMILES string of the molecule is COC(=O)[C@@H]1CCC[C@@H]1S(=O)(=O)N1C[C@H](C)C[C@@H](C)C1. The maximum Gasteiger partial charge on any atom is 0.310 e. The summed E-state index contributed by atoms with van der Waals surface area (Å²) in [5, 5.41) is -0.590. The highest BCUT2D eigenvalue weighted by molar-refractivity contribution is 7.89. The van der Waals surface area contributed by atoms with Gasteiger partial charge in [-0.1, -0.05) is 20.3 Å². The predicted octanol–water partition coefficient (Wildman–Crippen LogP) is 1.64. The fraction of sp³-hybridized carbons (Fsp3) is 0.929. The van der Waals surface area contributed by atoms with Gasteiger partial charge in [-0.25, -0.2) is 12.7 Å². The first-order chi connectivity index (χ1) is 9.36. The van der Waals surface area contributed by atoms with Gasteiger partial charge in [0, 0.05) is 13.1 Å². The third-order valence-corrected chi connectivity index (χ3v) is 6.88. The second-order valence-corrected chi connectivity index (χ2v) is 8.56. The first-order valence-electron chi connectivity index (χ1n) is 7.43. The van der Waals surface area contributed by atoms with Gasteiger partial charge in [0.15, 0.2) is 0 Å². The van der Waals surface area contributed by atoms with Gasteiger partial charge < -0.3 is 4.74 Å². The number of rotatable bonds is 3. The number of sulfonamides is 1. The van der Waals surface area contributed by atoms with Crippen molar-refractivity contribution in [1.82, 2.24) is 4.31 Å². The number of hydrogen-bond acceptors (Lipinski definition) is 4. The summed E-state index contributed by atoms with van der Waals surface area (Å²) in [7, 11) is -2.07. The van der Waals surface area contributed by atoms with Crippen molar-refractivity contribution in [2.24, 2.45) is 17.8 Å². The molecule has 0 unspecified atom stereocenters. The Hall–Kier alpha value is -0.620. The highest BCUT2D eigenvalue weighted by Crippen LogP contribution is 2.35. The third kappa shape index (κ3) is 3.01. The van der Waals surface area contributed by atoms with Gasteiger partial charge in [-0.05, 0) is 31.1 Å². The molecule has 0 bridgehead atoms. The largest absolute Gasteiger partial charge is 0.469 e. The van der Waals surface area contributed by atoms with Crippen LogP contribution in [0.2, 0.25) is 0 Å². The Kier molecular flexibility index (Phi) is 4.74. The number of esters is 1. The first kappa shape index (κ1) is 15.8. The zero-order valence-corrected chi connectivity index (χ0v) is 13.4. The van der Waals surface area contributed by atoms with Gasteiger partial charge in [0.1, 0.15) is 0 Å². The molecule has 2 rings (SSSR count). The Bertz CT molecular complexity index is 452. The molecule has 0 spiro atoms. The Labute approximate surface area is 121 Å². The Morgan fingerprint density at radius 1 is 1.15 bits per heavy atom. The molecule has 0 amide bonds. The van der Waals surface area contributed by atoms with Gasteiger partial charge in [0.2, 0.25) is 10.0 Å². The average molecular weight is 303 g/mol. The lowest BCUT2D eigenvalue weighted by atomic mass is 9.94. The molecule has 0 radical (unpaired) electrons. The van der Waals surface area contributed by atoms with E-state index in [0.717, 1.165) is 12.8 Å². The van der Waals surface area contributed by atoms with E-state index in [9.17, 15) is 13.2 Å². The zero-order chi connectivity index (χ0) is 14.9. The van der Waals surface area contributed by atoms with Crippen LogP contribution in [-0.4, -0.2) is 44.1 Å². The first-order valence-corrected chi connectivity index (χ1v) is 8.93. The van der Waals surface area contributed by atoms with Crippen LogP contribution in [0.15, 0.2) is 0 Å². The molecule has 5 nitrogen and oxygen atoms in total. The summed E-state index contributed by atoms with van der Waals surface area (Å²) in [6.07, 6.45) is 3.04. The number of carbonyl (C=O) groups is 1. The Morgan fingerprint density at radius 2 is 1.75 bits per heavy atom. The highest BCUT2D eigenvalue weighted by atomic mass is 32.2. The molecule has 116 valence electrons. The van der Waals surface area contributed by atoms with E-state index in [1.807, 2.05) is 0 Å². The molecule has 4 atom stereocenters. The van der Waals surface area contributed by atoms with Crippen LogP contribution in [0.4, 0.5) is 0 Å². The Morgan fingerprint density at radius 3 is 2.30 bits per heavy atom. The minimum absolute atomic E-state index is 0.380. The smallest absolute Gasteiger partial charge is 0.310 e. The van der Waals surface area contributed by atoms with Gasteiger partial charge in [0.25, 0.3) is 0 Å². The minimum atomic E-state index is -3.40. The van der Waals surface area contributed by atoms with Crippen molar-refractivity contribution in [3.8, 4) is 0 Å². The molecular formula is C14H25NO4S. The highest BCUT2D eigenvalue weighted by Gasteiger charge is 2.45. The lowest BCUT2D eigenvalue weighted by Crippen LogP contribution is -2.48. The van der Waals surface area contributed by atoms with E-state index >= 15 is 0 Å². The van der Waals surface area contributed by atoms with E-state index in [-0.39, 0.29) is 5.97 Å². The molecule has 0 aromatic heterocycles. The lowest BCUT2D eigenvalue weighted by molar-refractivity contribution is -0.145. The van der Waals surface area contributed by atoms with Gasteiger partial charge in [-0.2, -0.15) is 0 Å². The summed E-state index contributed by atoms with van der Waals surface area (Å²) in [4.78, 5) is 11.8. The zero-order valence-electron chi connectivity index (χ0n) is 12.5. The number of hydrogen-bond donors (Lipinski definition) is 0. The van der Waals surface area contributed by atoms with Gasteiger partial charge in [0.05, 0.1) is 18.3 Å². The van der Waals surface area contributed by atoms with Crippen LogP contribution in [0.3, 0.4) is 0 Å². The molecular weight excluding hydrogens is 278 g/mol. The molecule has 6 heteroatoms. The second-order valence-electron chi connectivity index (χ2n) is 6.41. The molecule has 1 aliphatic heterocycles. The molecule has 2 aliphatic rings. The number of ether oxygens (including phenoxy) is 1. The van der Waals surface area contributed by atoms with Gasteiger partial charge in [-0.15, -0.1) is 0 Å². The molecule has 1 aliphatic carbocycles. The van der Waals surface area contributed by atoms with Crippen molar-refractivity contribution in [1.29, 1.82) is 0 Å². The van der Waals surface area contributed by atoms with E-state index < -0.39 is 21.2 Å². The fourth-order valence-electron chi connectivity index (χ4n) is 3.71. The predicted molar refractivity (Wildman–Crippen MR) is 76.6 cm³/mol. The van der Waals surface area contributed by atoms with Gasteiger partial charge >= 0.3 is 5.97 Å². The van der Waals surface area contributed by atoms with Crippen LogP contribution < -0.4 is 0 Å². The number of methoxy groups -OCH3 is 1. The quantitative estimate of drug-likeness (QED) is 0.744. The second kappa shape index (κ2) is 6.02. The average Bonchev–Trinajstić information content (AvgIpc) is 2.86. The van der Waals surface area contributed by atoms with E-state index in [2.05, 4.69) is 13.8 Å². The van der Waals surface area contributed by atoms with Crippen LogP contribution >= 0.6 is 0 Å². The summed E-state index contributed by atoms with van der Waals surface area (Å²) in [5.74, 6) is -0.107.